The Morgan fingerprint density at radius 1 is 1.25 bits per heavy atom. The molecular formula is C20H31IN4O3. The van der Waals surface area contributed by atoms with Gasteiger partial charge in [0.15, 0.2) is 5.96 Å². The molecule has 8 heteroatoms. The zero-order chi connectivity index (χ0) is 19.1. The second-order valence-electron chi connectivity index (χ2n) is 6.90. The fourth-order valence-electron chi connectivity index (χ4n) is 3.49. The van der Waals surface area contributed by atoms with Crippen molar-refractivity contribution in [3.05, 3.63) is 29.8 Å². The van der Waals surface area contributed by atoms with E-state index in [2.05, 4.69) is 15.2 Å². The van der Waals surface area contributed by atoms with E-state index in [0.717, 1.165) is 43.2 Å². The molecule has 0 radical (unpaired) electrons. The molecule has 7 nitrogen and oxygen atoms in total. The highest BCUT2D eigenvalue weighted by Gasteiger charge is 2.30. The summed E-state index contributed by atoms with van der Waals surface area (Å²) >= 11 is 0. The largest absolute Gasteiger partial charge is 0.491 e. The van der Waals surface area contributed by atoms with E-state index >= 15 is 0 Å². The first-order valence-electron chi connectivity index (χ1n) is 9.73. The minimum absolute atomic E-state index is 0. The lowest BCUT2D eigenvalue weighted by Gasteiger charge is -2.37. The average molecular weight is 502 g/mol. The van der Waals surface area contributed by atoms with E-state index in [1.54, 1.807) is 7.05 Å². The molecule has 0 saturated carbocycles. The van der Waals surface area contributed by atoms with Gasteiger partial charge in [0.2, 0.25) is 0 Å². The van der Waals surface area contributed by atoms with Crippen molar-refractivity contribution in [1.82, 2.24) is 15.1 Å². The predicted molar refractivity (Wildman–Crippen MR) is 121 cm³/mol. The van der Waals surface area contributed by atoms with E-state index in [0.29, 0.717) is 32.8 Å². The maximum atomic E-state index is 12.4. The molecule has 2 aliphatic rings. The van der Waals surface area contributed by atoms with Crippen LogP contribution in [0.4, 0.5) is 0 Å². The average Bonchev–Trinajstić information content (AvgIpc) is 3.24. The molecule has 0 aliphatic carbocycles. The quantitative estimate of drug-likeness (QED) is 0.289. The molecule has 2 heterocycles. The van der Waals surface area contributed by atoms with E-state index < -0.39 is 0 Å². The van der Waals surface area contributed by atoms with E-state index in [9.17, 15) is 4.79 Å². The zero-order valence-electron chi connectivity index (χ0n) is 16.7. The molecule has 1 unspecified atom stereocenters. The van der Waals surface area contributed by atoms with Crippen LogP contribution >= 0.6 is 24.0 Å². The molecule has 1 N–H and O–H groups in total. The van der Waals surface area contributed by atoms with Gasteiger partial charge in [-0.2, -0.15) is 0 Å². The Hall–Kier alpha value is -1.55. The van der Waals surface area contributed by atoms with Gasteiger partial charge >= 0.3 is 0 Å². The monoisotopic (exact) mass is 502 g/mol. The molecule has 156 valence electrons. The van der Waals surface area contributed by atoms with Crippen LogP contribution in [0.5, 0.6) is 5.75 Å². The van der Waals surface area contributed by atoms with Crippen molar-refractivity contribution in [2.75, 3.05) is 53.0 Å². The number of amides is 1. The highest BCUT2D eigenvalue weighted by atomic mass is 127. The summed E-state index contributed by atoms with van der Waals surface area (Å²) in [7, 11) is 1.79. The van der Waals surface area contributed by atoms with Crippen LogP contribution in [0.1, 0.15) is 18.4 Å². The van der Waals surface area contributed by atoms with Crippen molar-refractivity contribution in [2.45, 2.75) is 25.9 Å². The molecule has 0 spiro atoms. The number of hydrogen-bond acceptors (Lipinski definition) is 4. The zero-order valence-corrected chi connectivity index (χ0v) is 19.1. The number of rotatable bonds is 5. The molecular weight excluding hydrogens is 471 g/mol. The van der Waals surface area contributed by atoms with Gasteiger partial charge in [0.1, 0.15) is 18.5 Å². The highest BCUT2D eigenvalue weighted by molar-refractivity contribution is 14.0. The van der Waals surface area contributed by atoms with Crippen molar-refractivity contribution in [3.8, 4) is 5.75 Å². The number of nitrogens with one attached hydrogen (secondary N) is 1. The number of hydrogen-bond donors (Lipinski definition) is 1. The van der Waals surface area contributed by atoms with Gasteiger partial charge in [0, 0.05) is 39.8 Å². The molecule has 1 aromatic carbocycles. The first kappa shape index (κ1) is 22.7. The van der Waals surface area contributed by atoms with Crippen molar-refractivity contribution in [1.29, 1.82) is 0 Å². The third-order valence-corrected chi connectivity index (χ3v) is 5.04. The number of guanidine groups is 1. The maximum Gasteiger partial charge on any atom is 0.251 e. The van der Waals surface area contributed by atoms with Crippen LogP contribution in [0.15, 0.2) is 29.3 Å². The van der Waals surface area contributed by atoms with Crippen LogP contribution in [0.3, 0.4) is 0 Å². The summed E-state index contributed by atoms with van der Waals surface area (Å²) in [5.74, 6) is 1.91. The lowest BCUT2D eigenvalue weighted by Crippen LogP contribution is -2.55. The number of aliphatic imine (C=N–C) groups is 1. The van der Waals surface area contributed by atoms with Gasteiger partial charge in [-0.25, -0.2) is 0 Å². The van der Waals surface area contributed by atoms with Crippen LogP contribution in [-0.2, 0) is 9.53 Å². The summed E-state index contributed by atoms with van der Waals surface area (Å²) in [6.07, 6.45) is 1.60. The Balaban J connectivity index is 0.00000280. The standard InChI is InChI=1S/C20H30N4O3.HI/c1-16-6-3-4-7-17(16)27-15-9-22-20(21-2)24-12-10-23(11-13-24)19(25)18-8-5-14-26-18;/h3-4,6-7,18H,5,8-15H2,1-2H3,(H,21,22);1H. The molecule has 2 fully saturated rings. The summed E-state index contributed by atoms with van der Waals surface area (Å²) in [6, 6.07) is 8.01. The molecule has 2 aliphatic heterocycles. The molecule has 1 amide bonds. The summed E-state index contributed by atoms with van der Waals surface area (Å²) in [5, 5.41) is 3.35. The normalized spacial score (nSPS) is 19.9. The number of carbonyl (C=O) groups is 1. The molecule has 0 bridgehead atoms. The van der Waals surface area contributed by atoms with Crippen molar-refractivity contribution < 1.29 is 14.3 Å². The molecule has 0 aromatic heterocycles. The van der Waals surface area contributed by atoms with Crippen LogP contribution < -0.4 is 10.1 Å². The lowest BCUT2D eigenvalue weighted by atomic mass is 10.2. The summed E-state index contributed by atoms with van der Waals surface area (Å²) in [5.41, 5.74) is 1.13. The van der Waals surface area contributed by atoms with Crippen LogP contribution in [0.2, 0.25) is 0 Å². The van der Waals surface area contributed by atoms with E-state index in [1.807, 2.05) is 36.1 Å². The predicted octanol–water partition coefficient (Wildman–Crippen LogP) is 1.89. The van der Waals surface area contributed by atoms with Gasteiger partial charge in [0.25, 0.3) is 5.91 Å². The van der Waals surface area contributed by atoms with Gasteiger partial charge in [-0.15, -0.1) is 24.0 Å². The minimum Gasteiger partial charge on any atom is -0.491 e. The Morgan fingerprint density at radius 3 is 2.61 bits per heavy atom. The van der Waals surface area contributed by atoms with Crippen LogP contribution in [-0.4, -0.2) is 80.8 Å². The van der Waals surface area contributed by atoms with Gasteiger partial charge in [-0.3, -0.25) is 9.79 Å². The van der Waals surface area contributed by atoms with E-state index in [4.69, 9.17) is 9.47 Å². The number of benzene rings is 1. The second-order valence-corrected chi connectivity index (χ2v) is 6.90. The maximum absolute atomic E-state index is 12.4. The molecule has 3 rings (SSSR count). The highest BCUT2D eigenvalue weighted by Crippen LogP contribution is 2.17. The Morgan fingerprint density at radius 2 is 1.96 bits per heavy atom. The smallest absolute Gasteiger partial charge is 0.251 e. The molecule has 2 saturated heterocycles. The summed E-state index contributed by atoms with van der Waals surface area (Å²) < 4.78 is 11.3. The van der Waals surface area contributed by atoms with Crippen molar-refractivity contribution in [2.24, 2.45) is 4.99 Å². The Bertz CT molecular complexity index is 657. The lowest BCUT2D eigenvalue weighted by molar-refractivity contribution is -0.142. The Kier molecular flexibility index (Phi) is 9.30. The summed E-state index contributed by atoms with van der Waals surface area (Å²) in [6.45, 7) is 6.96. The minimum atomic E-state index is -0.229. The van der Waals surface area contributed by atoms with E-state index in [1.165, 1.54) is 0 Å². The number of aryl methyl sites for hydroxylation is 1. The fourth-order valence-corrected chi connectivity index (χ4v) is 3.49. The second kappa shape index (κ2) is 11.5. The van der Waals surface area contributed by atoms with Crippen LogP contribution in [0, 0.1) is 6.92 Å². The third kappa shape index (κ3) is 5.97. The van der Waals surface area contributed by atoms with Crippen molar-refractivity contribution in [3.63, 3.8) is 0 Å². The van der Waals surface area contributed by atoms with Gasteiger partial charge in [0.05, 0.1) is 6.54 Å². The van der Waals surface area contributed by atoms with Crippen molar-refractivity contribution >= 4 is 35.8 Å². The number of piperazine rings is 1. The summed E-state index contributed by atoms with van der Waals surface area (Å²) in [4.78, 5) is 20.9. The first-order valence-corrected chi connectivity index (χ1v) is 9.73. The fraction of sp³-hybridized carbons (Fsp3) is 0.600. The third-order valence-electron chi connectivity index (χ3n) is 5.04. The number of carbonyl (C=O) groups excluding carboxylic acids is 1. The van der Waals surface area contributed by atoms with Gasteiger partial charge in [-0.05, 0) is 31.4 Å². The van der Waals surface area contributed by atoms with Gasteiger partial charge in [-0.1, -0.05) is 18.2 Å². The molecule has 1 atom stereocenters. The van der Waals surface area contributed by atoms with Crippen LogP contribution in [0.25, 0.3) is 0 Å². The first-order chi connectivity index (χ1) is 13.2. The molecule has 28 heavy (non-hydrogen) atoms. The SMILES string of the molecule is CN=C(NCCOc1ccccc1C)N1CCN(C(=O)C2CCCO2)CC1.I. The number of para-hydroxylation sites is 1. The number of halogens is 1. The number of ether oxygens (including phenoxy) is 2. The molecule has 1 aromatic rings. The Labute approximate surface area is 184 Å². The topological polar surface area (TPSA) is 66.4 Å². The van der Waals surface area contributed by atoms with Gasteiger partial charge < -0.3 is 24.6 Å². The number of nitrogens with zero attached hydrogens (tertiary/aromatic N) is 3. The van der Waals surface area contributed by atoms with E-state index in [-0.39, 0.29) is 36.0 Å².